The first kappa shape index (κ1) is 43.9. The standard InChI is InChI=1S/C15H26N2O4.C14H23N3O3.C4H10.CH5N/c1-14(2,3)21-12(19)9-16-13(20)17-11(10-18)15(4)7-5-6-8-15;1-17-7-3-6-11(17)14(20)16-10(12(18)13(15)19)8-9-4-2-5-9;1-4(2)3;1-2/h10-11H,5-9H2,1-4H3,(H2,16,17,20);9-11H,2-8H2,1H3,(H2,15,19)(H,16,20);4H,1-3H3;2H2,1H3. The summed E-state index contributed by atoms with van der Waals surface area (Å²) in [6, 6.07) is -2.00. The van der Waals surface area contributed by atoms with Crippen molar-refractivity contribution in [3.8, 4) is 0 Å². The third kappa shape index (κ3) is 17.6. The molecule has 1 heterocycles. The highest BCUT2D eigenvalue weighted by atomic mass is 16.6. The summed E-state index contributed by atoms with van der Waals surface area (Å²) in [5.41, 5.74) is 8.80. The van der Waals surface area contributed by atoms with Gasteiger partial charge in [0, 0.05) is 0 Å². The van der Waals surface area contributed by atoms with Crippen molar-refractivity contribution >= 4 is 35.9 Å². The summed E-state index contributed by atoms with van der Waals surface area (Å²) in [6.07, 6.45) is 10.3. The van der Waals surface area contributed by atoms with Gasteiger partial charge in [0.15, 0.2) is 0 Å². The predicted molar refractivity (Wildman–Crippen MR) is 183 cm³/mol. The van der Waals surface area contributed by atoms with Crippen LogP contribution in [0.3, 0.4) is 0 Å². The van der Waals surface area contributed by atoms with E-state index in [2.05, 4.69) is 42.5 Å². The maximum Gasteiger partial charge on any atom is 0.325 e. The number of hydrogen-bond donors (Lipinski definition) is 5. The molecule has 3 atom stereocenters. The number of carbonyl (C=O) groups excluding carboxylic acids is 6. The molecule has 1 saturated heterocycles. The van der Waals surface area contributed by atoms with Gasteiger partial charge >= 0.3 is 12.0 Å². The fourth-order valence-electron chi connectivity index (χ4n) is 5.56. The van der Waals surface area contributed by atoms with Crippen LogP contribution in [0.5, 0.6) is 0 Å². The molecule has 0 aromatic heterocycles. The lowest BCUT2D eigenvalue weighted by Crippen LogP contribution is -2.52. The van der Waals surface area contributed by atoms with E-state index in [1.165, 1.54) is 7.05 Å². The number of ether oxygens (including phenoxy) is 1. The zero-order valence-corrected chi connectivity index (χ0v) is 30.4. The number of Topliss-reactive ketones (excluding diaryl/α,β-unsaturated/α-hetero) is 1. The average Bonchev–Trinajstić information content (AvgIpc) is 3.60. The number of ketones is 1. The summed E-state index contributed by atoms with van der Waals surface area (Å²) >= 11 is 0. The summed E-state index contributed by atoms with van der Waals surface area (Å²) in [5, 5.41) is 7.81. The first-order chi connectivity index (χ1) is 21.9. The van der Waals surface area contributed by atoms with Gasteiger partial charge < -0.3 is 36.9 Å². The maximum atomic E-state index is 12.2. The molecule has 3 unspecified atom stereocenters. The number of carbonyl (C=O) groups is 6. The molecule has 0 radical (unpaired) electrons. The molecule has 2 aliphatic carbocycles. The second kappa shape index (κ2) is 21.7. The molecule has 0 bridgehead atoms. The number of aldehydes is 1. The smallest absolute Gasteiger partial charge is 0.325 e. The van der Waals surface area contributed by atoms with Gasteiger partial charge in [-0.15, -0.1) is 0 Å². The number of hydrogen-bond acceptors (Lipinski definition) is 9. The van der Waals surface area contributed by atoms with E-state index in [0.717, 1.165) is 76.5 Å². The van der Waals surface area contributed by atoms with Crippen LogP contribution in [-0.2, 0) is 28.7 Å². The lowest BCUT2D eigenvalue weighted by atomic mass is 9.80. The van der Waals surface area contributed by atoms with Gasteiger partial charge in [0.05, 0.1) is 18.1 Å². The number of likely N-dealkylation sites (N-methyl/N-ethyl adjacent to an activating group) is 1. The minimum absolute atomic E-state index is 0.163. The van der Waals surface area contributed by atoms with Gasteiger partial charge in [-0.05, 0) is 90.8 Å². The van der Waals surface area contributed by atoms with Crippen molar-refractivity contribution in [1.82, 2.24) is 20.9 Å². The number of rotatable bonds is 11. The van der Waals surface area contributed by atoms with E-state index in [1.807, 2.05) is 18.9 Å². The van der Waals surface area contributed by atoms with Gasteiger partial charge in [-0.1, -0.05) is 59.8 Å². The normalized spacial score (nSPS) is 19.9. The highest BCUT2D eigenvalue weighted by Gasteiger charge is 2.38. The number of primary amides is 1. The van der Waals surface area contributed by atoms with Crippen LogP contribution in [0, 0.1) is 17.3 Å². The molecule has 2 saturated carbocycles. The Morgan fingerprint density at radius 2 is 1.51 bits per heavy atom. The molecular formula is C34H64N6O7. The zero-order chi connectivity index (χ0) is 36.4. The molecule has 3 rings (SSSR count). The van der Waals surface area contributed by atoms with Crippen LogP contribution in [0.25, 0.3) is 0 Å². The molecule has 0 aromatic carbocycles. The van der Waals surface area contributed by atoms with E-state index in [9.17, 15) is 28.8 Å². The van der Waals surface area contributed by atoms with E-state index in [1.54, 1.807) is 20.8 Å². The van der Waals surface area contributed by atoms with Gasteiger partial charge in [0.25, 0.3) is 5.91 Å². The van der Waals surface area contributed by atoms with Crippen LogP contribution in [0.2, 0.25) is 0 Å². The molecule has 13 nitrogen and oxygen atoms in total. The number of urea groups is 1. The van der Waals surface area contributed by atoms with Crippen LogP contribution >= 0.6 is 0 Å². The zero-order valence-electron chi connectivity index (χ0n) is 30.4. The lowest BCUT2D eigenvalue weighted by molar-refractivity contribution is -0.153. The second-order valence-electron chi connectivity index (χ2n) is 14.6. The third-order valence-corrected chi connectivity index (χ3v) is 8.23. The number of nitrogens with one attached hydrogen (secondary N) is 3. The van der Waals surface area contributed by atoms with Gasteiger partial charge in [0.1, 0.15) is 18.4 Å². The largest absolute Gasteiger partial charge is 0.459 e. The second-order valence-corrected chi connectivity index (χ2v) is 14.6. The molecule has 3 aliphatic rings. The van der Waals surface area contributed by atoms with Crippen LogP contribution < -0.4 is 27.4 Å². The quantitative estimate of drug-likeness (QED) is 0.125. The monoisotopic (exact) mass is 668 g/mol. The number of nitrogens with zero attached hydrogens (tertiary/aromatic N) is 1. The van der Waals surface area contributed by atoms with Crippen molar-refractivity contribution in [2.75, 3.05) is 27.2 Å². The molecule has 0 spiro atoms. The lowest BCUT2D eigenvalue weighted by Gasteiger charge is -2.30. The van der Waals surface area contributed by atoms with Crippen molar-refractivity contribution < 1.29 is 33.5 Å². The Bertz CT molecular complexity index is 1000. The topological polar surface area (TPSA) is 203 Å². The van der Waals surface area contributed by atoms with Gasteiger partial charge in [-0.2, -0.15) is 0 Å². The van der Waals surface area contributed by atoms with Crippen LogP contribution in [-0.4, -0.2) is 91.7 Å². The summed E-state index contributed by atoms with van der Waals surface area (Å²) in [6.45, 7) is 14.4. The van der Waals surface area contributed by atoms with Gasteiger partial charge in [-0.3, -0.25) is 24.1 Å². The van der Waals surface area contributed by atoms with Gasteiger partial charge in [-0.25, -0.2) is 4.79 Å². The minimum Gasteiger partial charge on any atom is -0.459 e. The van der Waals surface area contributed by atoms with Crippen molar-refractivity contribution in [2.45, 2.75) is 136 Å². The van der Waals surface area contributed by atoms with Crippen molar-refractivity contribution in [1.29, 1.82) is 0 Å². The Balaban J connectivity index is 0.000000772. The van der Waals surface area contributed by atoms with E-state index in [4.69, 9.17) is 10.5 Å². The van der Waals surface area contributed by atoms with Crippen molar-refractivity contribution in [2.24, 2.45) is 28.7 Å². The maximum absolute atomic E-state index is 12.2. The molecule has 4 amide bonds. The van der Waals surface area contributed by atoms with Crippen molar-refractivity contribution in [3.63, 3.8) is 0 Å². The molecular weight excluding hydrogens is 604 g/mol. The molecule has 47 heavy (non-hydrogen) atoms. The van der Waals surface area contributed by atoms with Crippen molar-refractivity contribution in [3.05, 3.63) is 0 Å². The van der Waals surface area contributed by atoms with Crippen LogP contribution in [0.15, 0.2) is 0 Å². The predicted octanol–water partition coefficient (Wildman–Crippen LogP) is 2.82. The minimum atomic E-state index is -0.964. The molecule has 13 heteroatoms. The Kier molecular flexibility index (Phi) is 20.3. The van der Waals surface area contributed by atoms with E-state index >= 15 is 0 Å². The van der Waals surface area contributed by atoms with Gasteiger partial charge in [0.2, 0.25) is 11.7 Å². The highest BCUT2D eigenvalue weighted by Crippen LogP contribution is 2.39. The molecule has 0 aromatic rings. The summed E-state index contributed by atoms with van der Waals surface area (Å²) in [5.74, 6) is -1.05. The van der Waals surface area contributed by atoms with Crippen LogP contribution in [0.1, 0.15) is 113 Å². The van der Waals surface area contributed by atoms with E-state index < -0.39 is 41.4 Å². The first-order valence-electron chi connectivity index (χ1n) is 17.0. The van der Waals surface area contributed by atoms with Crippen LogP contribution in [0.4, 0.5) is 4.79 Å². The number of likely N-dealkylation sites (tertiary alicyclic amines) is 1. The summed E-state index contributed by atoms with van der Waals surface area (Å²) in [7, 11) is 3.40. The Morgan fingerprint density at radius 3 is 1.91 bits per heavy atom. The Morgan fingerprint density at radius 1 is 0.957 bits per heavy atom. The number of amides is 4. The van der Waals surface area contributed by atoms with E-state index in [0.29, 0.717) is 12.3 Å². The third-order valence-electron chi connectivity index (χ3n) is 8.23. The number of nitrogens with two attached hydrogens (primary N) is 2. The summed E-state index contributed by atoms with van der Waals surface area (Å²) in [4.78, 5) is 71.7. The molecule has 272 valence electrons. The molecule has 3 fully saturated rings. The molecule has 7 N–H and O–H groups in total. The fraction of sp³-hybridized carbons (Fsp3) is 0.824. The average molecular weight is 669 g/mol. The Hall–Kier alpha value is -3.06. The summed E-state index contributed by atoms with van der Waals surface area (Å²) < 4.78 is 5.09. The number of esters is 1. The van der Waals surface area contributed by atoms with E-state index in [-0.39, 0.29) is 23.9 Å². The molecule has 1 aliphatic heterocycles. The first-order valence-corrected chi connectivity index (χ1v) is 17.0. The fourth-order valence-corrected chi connectivity index (χ4v) is 5.56. The highest BCUT2D eigenvalue weighted by molar-refractivity contribution is 6.37. The SMILES string of the molecule is CC(C)(C)OC(=O)CNC(=O)NC(C=O)C1(C)CCCC1.CC(C)C.CN.CN1CCCC1C(=O)NC(CC1CCC1)C(=O)C(N)=O. The Labute approximate surface area is 282 Å².